The third-order valence-electron chi connectivity index (χ3n) is 4.92. The Hall–Kier alpha value is -3.14. The first-order valence-electron chi connectivity index (χ1n) is 9.33. The number of para-hydroxylation sites is 1. The van der Waals surface area contributed by atoms with Gasteiger partial charge in [0.2, 0.25) is 0 Å². The van der Waals surface area contributed by atoms with E-state index in [1.807, 2.05) is 43.3 Å². The summed E-state index contributed by atoms with van der Waals surface area (Å²) in [5, 5.41) is 3.97. The molecule has 4 rings (SSSR count). The van der Waals surface area contributed by atoms with Crippen LogP contribution in [-0.4, -0.2) is 17.5 Å². The van der Waals surface area contributed by atoms with E-state index in [9.17, 15) is 4.79 Å². The molecule has 27 heavy (non-hydrogen) atoms. The van der Waals surface area contributed by atoms with Crippen molar-refractivity contribution in [3.8, 4) is 5.75 Å². The molecule has 136 valence electrons. The second-order valence-corrected chi connectivity index (χ2v) is 6.65. The SMILES string of the molecule is CCOc1ccc(NC(=O)c2ccnc3ccccc23)c(C2CC=CC2)c1. The molecular weight excluding hydrogens is 336 g/mol. The topological polar surface area (TPSA) is 51.2 Å². The maximum absolute atomic E-state index is 13.0. The number of carbonyl (C=O) groups is 1. The van der Waals surface area contributed by atoms with Gasteiger partial charge in [0.05, 0.1) is 17.7 Å². The standard InChI is InChI=1S/C23H22N2O2/c1-2-27-17-11-12-22(20(15-17)16-7-3-4-8-16)25-23(26)19-13-14-24-21-10-6-5-9-18(19)21/h3-6,9-16H,2,7-8H2,1H3,(H,25,26). The van der Waals surface area contributed by atoms with Crippen molar-refractivity contribution in [1.82, 2.24) is 4.98 Å². The lowest BCUT2D eigenvalue weighted by Crippen LogP contribution is -2.15. The second-order valence-electron chi connectivity index (χ2n) is 6.65. The highest BCUT2D eigenvalue weighted by Crippen LogP contribution is 2.36. The number of amides is 1. The lowest BCUT2D eigenvalue weighted by Gasteiger charge is -2.18. The van der Waals surface area contributed by atoms with Gasteiger partial charge in [-0.25, -0.2) is 0 Å². The third-order valence-corrected chi connectivity index (χ3v) is 4.92. The molecule has 0 saturated carbocycles. The van der Waals surface area contributed by atoms with E-state index >= 15 is 0 Å². The molecule has 0 atom stereocenters. The van der Waals surface area contributed by atoms with E-state index in [1.54, 1.807) is 12.3 Å². The molecule has 0 saturated heterocycles. The molecule has 2 aromatic carbocycles. The molecule has 1 amide bonds. The number of fused-ring (bicyclic) bond motifs is 1. The van der Waals surface area contributed by atoms with Crippen LogP contribution in [0.1, 0.15) is 41.6 Å². The monoisotopic (exact) mass is 358 g/mol. The molecule has 0 aliphatic heterocycles. The lowest BCUT2D eigenvalue weighted by atomic mass is 9.94. The van der Waals surface area contributed by atoms with Gasteiger partial charge in [0.15, 0.2) is 0 Å². The predicted molar refractivity (Wildman–Crippen MR) is 108 cm³/mol. The number of hydrogen-bond donors (Lipinski definition) is 1. The third kappa shape index (κ3) is 3.56. The minimum Gasteiger partial charge on any atom is -0.494 e. The van der Waals surface area contributed by atoms with E-state index in [0.717, 1.165) is 40.7 Å². The van der Waals surface area contributed by atoms with Crippen LogP contribution < -0.4 is 10.1 Å². The van der Waals surface area contributed by atoms with E-state index < -0.39 is 0 Å². The summed E-state index contributed by atoms with van der Waals surface area (Å²) in [5.41, 5.74) is 3.41. The fourth-order valence-electron chi connectivity index (χ4n) is 3.60. The average Bonchev–Trinajstić information content (AvgIpc) is 3.23. The van der Waals surface area contributed by atoms with Gasteiger partial charge in [-0.05, 0) is 61.6 Å². The molecule has 4 nitrogen and oxygen atoms in total. The zero-order valence-electron chi connectivity index (χ0n) is 15.3. The molecular formula is C23H22N2O2. The van der Waals surface area contributed by atoms with Gasteiger partial charge in [0.1, 0.15) is 5.75 Å². The van der Waals surface area contributed by atoms with E-state index in [-0.39, 0.29) is 5.91 Å². The van der Waals surface area contributed by atoms with Crippen LogP contribution in [0.3, 0.4) is 0 Å². The number of nitrogens with zero attached hydrogens (tertiary/aromatic N) is 1. The van der Waals surface area contributed by atoms with Gasteiger partial charge in [0.25, 0.3) is 5.91 Å². The van der Waals surface area contributed by atoms with Gasteiger partial charge in [-0.3, -0.25) is 9.78 Å². The quantitative estimate of drug-likeness (QED) is 0.628. The summed E-state index contributed by atoms with van der Waals surface area (Å²) in [6.07, 6.45) is 8.03. The smallest absolute Gasteiger partial charge is 0.256 e. The van der Waals surface area contributed by atoms with Crippen molar-refractivity contribution >= 4 is 22.5 Å². The normalized spacial score (nSPS) is 13.8. The zero-order valence-corrected chi connectivity index (χ0v) is 15.3. The van der Waals surface area contributed by atoms with Gasteiger partial charge in [-0.15, -0.1) is 0 Å². The molecule has 1 aliphatic rings. The number of hydrogen-bond acceptors (Lipinski definition) is 3. The predicted octanol–water partition coefficient (Wildman–Crippen LogP) is 5.32. The second kappa shape index (κ2) is 7.62. The largest absolute Gasteiger partial charge is 0.494 e. The number of benzene rings is 2. The Morgan fingerprint density at radius 3 is 2.78 bits per heavy atom. The lowest BCUT2D eigenvalue weighted by molar-refractivity contribution is 0.102. The van der Waals surface area contributed by atoms with Crippen molar-refractivity contribution < 1.29 is 9.53 Å². The van der Waals surface area contributed by atoms with Gasteiger partial charge < -0.3 is 10.1 Å². The number of aromatic nitrogens is 1. The van der Waals surface area contributed by atoms with Gasteiger partial charge in [0, 0.05) is 17.3 Å². The first-order chi connectivity index (χ1) is 13.3. The molecule has 1 heterocycles. The Balaban J connectivity index is 1.67. The number of pyridine rings is 1. The number of allylic oxidation sites excluding steroid dienone is 2. The Morgan fingerprint density at radius 1 is 1.15 bits per heavy atom. The van der Waals surface area contributed by atoms with E-state index in [2.05, 4.69) is 28.5 Å². The molecule has 0 bridgehead atoms. The van der Waals surface area contributed by atoms with Crippen molar-refractivity contribution in [1.29, 1.82) is 0 Å². The molecule has 1 aromatic heterocycles. The molecule has 0 radical (unpaired) electrons. The highest BCUT2D eigenvalue weighted by Gasteiger charge is 2.20. The summed E-state index contributed by atoms with van der Waals surface area (Å²) in [6, 6.07) is 15.4. The van der Waals surface area contributed by atoms with Crippen LogP contribution in [0.5, 0.6) is 5.75 Å². The van der Waals surface area contributed by atoms with E-state index in [0.29, 0.717) is 18.1 Å². The molecule has 1 aliphatic carbocycles. The van der Waals surface area contributed by atoms with Gasteiger partial charge in [-0.2, -0.15) is 0 Å². The minimum atomic E-state index is -0.120. The molecule has 0 spiro atoms. The fraction of sp³-hybridized carbons (Fsp3) is 0.217. The summed E-state index contributed by atoms with van der Waals surface area (Å²) in [6.45, 7) is 2.60. The van der Waals surface area contributed by atoms with Crippen LogP contribution in [-0.2, 0) is 0 Å². The Morgan fingerprint density at radius 2 is 1.96 bits per heavy atom. The van der Waals surface area contributed by atoms with E-state index in [4.69, 9.17) is 4.74 Å². The van der Waals surface area contributed by atoms with E-state index in [1.165, 1.54) is 0 Å². The van der Waals surface area contributed by atoms with Crippen molar-refractivity contribution in [2.24, 2.45) is 0 Å². The summed E-state index contributed by atoms with van der Waals surface area (Å²) in [7, 11) is 0. The summed E-state index contributed by atoms with van der Waals surface area (Å²) >= 11 is 0. The molecule has 0 unspecified atom stereocenters. The number of anilines is 1. The van der Waals surface area contributed by atoms with Crippen LogP contribution in [0.4, 0.5) is 5.69 Å². The molecule has 1 N–H and O–H groups in total. The Labute approximate surface area is 158 Å². The molecule has 3 aromatic rings. The highest BCUT2D eigenvalue weighted by molar-refractivity contribution is 6.12. The van der Waals surface area contributed by atoms with Crippen molar-refractivity contribution in [3.63, 3.8) is 0 Å². The average molecular weight is 358 g/mol. The van der Waals surface area contributed by atoms with Crippen LogP contribution in [0, 0.1) is 0 Å². The maximum Gasteiger partial charge on any atom is 0.256 e. The summed E-state index contributed by atoms with van der Waals surface area (Å²) < 4.78 is 5.67. The number of ether oxygens (including phenoxy) is 1. The maximum atomic E-state index is 13.0. The van der Waals surface area contributed by atoms with Crippen LogP contribution in [0.15, 0.2) is 66.9 Å². The molecule has 4 heteroatoms. The Bertz CT molecular complexity index is 997. The van der Waals surface area contributed by atoms with Crippen LogP contribution in [0.25, 0.3) is 10.9 Å². The first kappa shape index (κ1) is 17.3. The minimum absolute atomic E-state index is 0.120. The van der Waals surface area contributed by atoms with Crippen molar-refractivity contribution in [3.05, 3.63) is 78.0 Å². The number of nitrogens with one attached hydrogen (secondary N) is 1. The van der Waals surface area contributed by atoms with Crippen molar-refractivity contribution in [2.75, 3.05) is 11.9 Å². The fourth-order valence-corrected chi connectivity index (χ4v) is 3.60. The molecule has 0 fully saturated rings. The Kier molecular flexibility index (Phi) is 4.88. The number of rotatable bonds is 5. The van der Waals surface area contributed by atoms with Gasteiger partial charge >= 0.3 is 0 Å². The zero-order chi connectivity index (χ0) is 18.6. The number of carbonyl (C=O) groups excluding carboxylic acids is 1. The highest BCUT2D eigenvalue weighted by atomic mass is 16.5. The first-order valence-corrected chi connectivity index (χ1v) is 9.33. The summed E-state index contributed by atoms with van der Waals surface area (Å²) in [4.78, 5) is 17.4. The van der Waals surface area contributed by atoms with Crippen LogP contribution in [0.2, 0.25) is 0 Å². The van der Waals surface area contributed by atoms with Gasteiger partial charge in [-0.1, -0.05) is 30.4 Å². The summed E-state index contributed by atoms with van der Waals surface area (Å²) in [5.74, 6) is 1.09. The van der Waals surface area contributed by atoms with Crippen LogP contribution >= 0.6 is 0 Å². The van der Waals surface area contributed by atoms with Crippen molar-refractivity contribution in [2.45, 2.75) is 25.7 Å².